The van der Waals surface area contributed by atoms with Gasteiger partial charge in [-0.2, -0.15) is 5.10 Å². The van der Waals surface area contributed by atoms with Crippen LogP contribution in [0.2, 0.25) is 10.2 Å². The van der Waals surface area contributed by atoms with Crippen LogP contribution in [0.25, 0.3) is 16.6 Å². The van der Waals surface area contributed by atoms with Crippen LogP contribution >= 0.6 is 23.2 Å². The second kappa shape index (κ2) is 9.59. The first-order valence-corrected chi connectivity index (χ1v) is 10.7. The first-order valence-electron chi connectivity index (χ1n) is 9.93. The summed E-state index contributed by atoms with van der Waals surface area (Å²) in [5.41, 5.74) is 6.25. The Morgan fingerprint density at radius 2 is 2.00 bits per heavy atom. The van der Waals surface area contributed by atoms with E-state index in [1.807, 2.05) is 24.4 Å². The summed E-state index contributed by atoms with van der Waals surface area (Å²) >= 11 is 12.3. The highest BCUT2D eigenvalue weighted by Crippen LogP contribution is 2.34. The van der Waals surface area contributed by atoms with E-state index in [-0.39, 0.29) is 11.1 Å². The average molecular weight is 434 g/mol. The lowest BCUT2D eigenvalue weighted by atomic mass is 9.95. The molecular formula is C22H25Cl2N3O2. The highest BCUT2D eigenvalue weighted by atomic mass is 35.5. The third-order valence-corrected chi connectivity index (χ3v) is 5.67. The van der Waals surface area contributed by atoms with Gasteiger partial charge in [-0.25, -0.2) is 9.50 Å². The van der Waals surface area contributed by atoms with Crippen LogP contribution in [-0.2, 0) is 22.4 Å². The molecule has 0 amide bonds. The number of rotatable bonds is 8. The summed E-state index contributed by atoms with van der Waals surface area (Å²) in [5.74, 6) is -0.147. The van der Waals surface area contributed by atoms with Gasteiger partial charge in [0.05, 0.1) is 22.8 Å². The van der Waals surface area contributed by atoms with E-state index < -0.39 is 0 Å². The van der Waals surface area contributed by atoms with E-state index in [4.69, 9.17) is 33.0 Å². The van der Waals surface area contributed by atoms with Crippen molar-refractivity contribution in [1.29, 1.82) is 0 Å². The van der Waals surface area contributed by atoms with E-state index in [0.717, 1.165) is 59.3 Å². The summed E-state index contributed by atoms with van der Waals surface area (Å²) in [6, 6.07) is 6.04. The molecule has 0 N–H and O–H groups in total. The zero-order chi connectivity index (χ0) is 21.0. The van der Waals surface area contributed by atoms with Crippen LogP contribution in [0.3, 0.4) is 0 Å². The van der Waals surface area contributed by atoms with Crippen molar-refractivity contribution in [3.8, 4) is 11.1 Å². The molecule has 0 saturated heterocycles. The maximum Gasteiger partial charge on any atom is 0.305 e. The second-order valence-electron chi connectivity index (χ2n) is 6.92. The monoisotopic (exact) mass is 433 g/mol. The number of nitrogens with zero attached hydrogens (tertiary/aromatic N) is 3. The number of hydrogen-bond acceptors (Lipinski definition) is 4. The van der Waals surface area contributed by atoms with Crippen LogP contribution in [0.1, 0.15) is 50.1 Å². The Labute approximate surface area is 181 Å². The van der Waals surface area contributed by atoms with Gasteiger partial charge in [-0.15, -0.1) is 0 Å². The zero-order valence-electron chi connectivity index (χ0n) is 17.0. The van der Waals surface area contributed by atoms with E-state index in [9.17, 15) is 4.79 Å². The van der Waals surface area contributed by atoms with Gasteiger partial charge in [0.15, 0.2) is 0 Å². The Morgan fingerprint density at radius 1 is 1.21 bits per heavy atom. The molecule has 154 valence electrons. The Balaban J connectivity index is 2.00. The predicted octanol–water partition coefficient (Wildman–Crippen LogP) is 5.85. The molecule has 3 aromatic heterocycles. The number of hydrogen-bond donors (Lipinski definition) is 0. The first-order chi connectivity index (χ1) is 14.0. The minimum absolute atomic E-state index is 0.147. The number of aromatic nitrogens is 3. The molecule has 0 aromatic carbocycles. The van der Waals surface area contributed by atoms with Crippen molar-refractivity contribution in [2.45, 2.75) is 52.9 Å². The van der Waals surface area contributed by atoms with Crippen molar-refractivity contribution >= 4 is 34.7 Å². The molecule has 0 saturated carbocycles. The Kier molecular flexibility index (Phi) is 7.14. The number of aryl methyl sites for hydroxylation is 2. The van der Waals surface area contributed by atoms with E-state index in [1.54, 1.807) is 6.20 Å². The Morgan fingerprint density at radius 3 is 2.69 bits per heavy atom. The summed E-state index contributed by atoms with van der Waals surface area (Å²) in [5, 5.41) is 5.53. The van der Waals surface area contributed by atoms with Gasteiger partial charge in [0, 0.05) is 29.4 Å². The van der Waals surface area contributed by atoms with Gasteiger partial charge in [-0.05, 0) is 63.3 Å². The topological polar surface area (TPSA) is 56.5 Å². The number of fused-ring (bicyclic) bond motifs is 1. The number of esters is 1. The quantitative estimate of drug-likeness (QED) is 0.254. The van der Waals surface area contributed by atoms with Gasteiger partial charge in [0.2, 0.25) is 0 Å². The van der Waals surface area contributed by atoms with Crippen molar-refractivity contribution in [3.05, 3.63) is 51.5 Å². The number of ether oxygens (including phenoxy) is 1. The summed E-state index contributed by atoms with van der Waals surface area (Å²) in [4.78, 5) is 15.9. The molecule has 7 heteroatoms. The molecule has 0 fully saturated rings. The smallest absolute Gasteiger partial charge is 0.305 e. The summed E-state index contributed by atoms with van der Waals surface area (Å²) in [6.07, 6.45) is 5.50. The van der Waals surface area contributed by atoms with E-state index in [2.05, 4.69) is 24.0 Å². The molecule has 0 spiro atoms. The lowest BCUT2D eigenvalue weighted by Gasteiger charge is -2.16. The van der Waals surface area contributed by atoms with Crippen molar-refractivity contribution < 1.29 is 9.53 Å². The van der Waals surface area contributed by atoms with Gasteiger partial charge in [-0.1, -0.05) is 30.1 Å². The number of carbonyl (C=O) groups is 1. The van der Waals surface area contributed by atoms with Crippen molar-refractivity contribution in [2.24, 2.45) is 0 Å². The van der Waals surface area contributed by atoms with Crippen molar-refractivity contribution in [2.75, 3.05) is 6.61 Å². The lowest BCUT2D eigenvalue weighted by molar-refractivity contribution is -0.143. The molecule has 0 unspecified atom stereocenters. The van der Waals surface area contributed by atoms with Gasteiger partial charge in [0.25, 0.3) is 0 Å². The normalized spacial score (nSPS) is 11.2. The molecule has 3 heterocycles. The van der Waals surface area contributed by atoms with E-state index in [0.29, 0.717) is 18.1 Å². The van der Waals surface area contributed by atoms with Crippen molar-refractivity contribution in [3.63, 3.8) is 0 Å². The molecule has 29 heavy (non-hydrogen) atoms. The number of pyridine rings is 1. The van der Waals surface area contributed by atoms with Gasteiger partial charge < -0.3 is 4.74 Å². The summed E-state index contributed by atoms with van der Waals surface area (Å²) in [6.45, 7) is 6.37. The molecule has 0 radical (unpaired) electrons. The van der Waals surface area contributed by atoms with E-state index in [1.165, 1.54) is 0 Å². The van der Waals surface area contributed by atoms with Crippen LogP contribution in [0.5, 0.6) is 0 Å². The summed E-state index contributed by atoms with van der Waals surface area (Å²) < 4.78 is 7.01. The molecule has 0 aliphatic heterocycles. The minimum atomic E-state index is -0.147. The standard InChI is InChI=1S/C22H25Cl2N3O2/c1-4-16-10-11-19-21(15-12-18(23)22(24)25-13-15)17(14(3)26-27(16)19)8-6-7-9-20(28)29-5-2/h10-13H,4-9H2,1-3H3. The fourth-order valence-electron chi connectivity index (χ4n) is 3.58. The molecule has 3 aromatic rings. The van der Waals surface area contributed by atoms with Crippen molar-refractivity contribution in [1.82, 2.24) is 14.6 Å². The number of halogens is 2. The van der Waals surface area contributed by atoms with Gasteiger partial charge in [0.1, 0.15) is 5.15 Å². The molecule has 0 bridgehead atoms. The van der Waals surface area contributed by atoms with Crippen LogP contribution in [-0.4, -0.2) is 27.2 Å². The largest absolute Gasteiger partial charge is 0.466 e. The summed E-state index contributed by atoms with van der Waals surface area (Å²) in [7, 11) is 0. The SMILES string of the molecule is CCOC(=O)CCCCc1c(C)nn2c(CC)ccc2c1-c1cnc(Cl)c(Cl)c1. The predicted molar refractivity (Wildman–Crippen MR) is 117 cm³/mol. The fourth-order valence-corrected chi connectivity index (χ4v) is 3.85. The van der Waals surface area contributed by atoms with Crippen LogP contribution in [0, 0.1) is 6.92 Å². The first kappa shape index (κ1) is 21.6. The second-order valence-corrected chi connectivity index (χ2v) is 7.69. The molecule has 0 aliphatic rings. The zero-order valence-corrected chi connectivity index (χ0v) is 18.5. The fraction of sp³-hybridized carbons (Fsp3) is 0.409. The highest BCUT2D eigenvalue weighted by molar-refractivity contribution is 6.41. The number of carbonyl (C=O) groups excluding carboxylic acids is 1. The molecule has 0 atom stereocenters. The molecule has 0 aliphatic carbocycles. The lowest BCUT2D eigenvalue weighted by Crippen LogP contribution is -2.07. The van der Waals surface area contributed by atoms with Crippen LogP contribution in [0.4, 0.5) is 0 Å². The molecule has 3 rings (SSSR count). The Hall–Kier alpha value is -2.11. The molecule has 5 nitrogen and oxygen atoms in total. The third kappa shape index (κ3) is 4.73. The van der Waals surface area contributed by atoms with Crippen LogP contribution in [0.15, 0.2) is 24.4 Å². The minimum Gasteiger partial charge on any atom is -0.466 e. The maximum absolute atomic E-state index is 11.6. The van der Waals surface area contributed by atoms with Gasteiger partial charge >= 0.3 is 5.97 Å². The highest BCUT2D eigenvalue weighted by Gasteiger charge is 2.18. The average Bonchev–Trinajstić information content (AvgIpc) is 3.10. The third-order valence-electron chi connectivity index (χ3n) is 4.99. The molecular weight excluding hydrogens is 409 g/mol. The van der Waals surface area contributed by atoms with Gasteiger partial charge in [-0.3, -0.25) is 4.79 Å². The van der Waals surface area contributed by atoms with E-state index >= 15 is 0 Å². The number of unbranched alkanes of at least 4 members (excludes halogenated alkanes) is 1. The van der Waals surface area contributed by atoms with Crippen LogP contribution < -0.4 is 0 Å². The maximum atomic E-state index is 11.6. The Bertz CT molecular complexity index is 1030.